The molecule has 0 spiro atoms. The van der Waals surface area contributed by atoms with Crippen LogP contribution in [0, 0.1) is 18.6 Å². The third-order valence-corrected chi connectivity index (χ3v) is 3.11. The van der Waals surface area contributed by atoms with Crippen molar-refractivity contribution >= 4 is 5.78 Å². The van der Waals surface area contributed by atoms with Crippen LogP contribution in [0.2, 0.25) is 0 Å². The van der Waals surface area contributed by atoms with Crippen LogP contribution in [0.25, 0.3) is 0 Å². The molecule has 0 aliphatic rings. The van der Waals surface area contributed by atoms with Crippen LogP contribution in [0.5, 0.6) is 0 Å². The Labute approximate surface area is 107 Å². The number of ketones is 1. The smallest absolute Gasteiger partial charge is 0.170 e. The predicted molar refractivity (Wildman–Crippen MR) is 67.8 cm³/mol. The Hall–Kier alpha value is -1.29. The maximum atomic E-state index is 13.7. The Morgan fingerprint density at radius 3 is 2.39 bits per heavy atom. The van der Waals surface area contributed by atoms with Crippen molar-refractivity contribution in [2.75, 3.05) is 19.6 Å². The zero-order valence-electron chi connectivity index (χ0n) is 11.1. The molecule has 18 heavy (non-hydrogen) atoms. The molecule has 0 saturated carbocycles. The van der Waals surface area contributed by atoms with E-state index < -0.39 is 23.0 Å². The van der Waals surface area contributed by atoms with E-state index in [4.69, 9.17) is 0 Å². The second kappa shape index (κ2) is 6.59. The van der Waals surface area contributed by atoms with Crippen LogP contribution in [0.4, 0.5) is 8.78 Å². The van der Waals surface area contributed by atoms with Crippen molar-refractivity contribution in [1.29, 1.82) is 0 Å². The van der Waals surface area contributed by atoms with Gasteiger partial charge >= 0.3 is 0 Å². The first-order chi connectivity index (χ1) is 8.51. The lowest BCUT2D eigenvalue weighted by atomic mass is 10.0. The van der Waals surface area contributed by atoms with E-state index in [2.05, 4.69) is 0 Å². The lowest BCUT2D eigenvalue weighted by molar-refractivity contribution is 0.0958. The summed E-state index contributed by atoms with van der Waals surface area (Å²) < 4.78 is 27.2. The van der Waals surface area contributed by atoms with Gasteiger partial charge in [-0.05, 0) is 31.6 Å². The average molecular weight is 255 g/mol. The van der Waals surface area contributed by atoms with E-state index >= 15 is 0 Å². The van der Waals surface area contributed by atoms with Gasteiger partial charge in [-0.3, -0.25) is 4.79 Å². The van der Waals surface area contributed by atoms with Gasteiger partial charge in [-0.2, -0.15) is 0 Å². The summed E-state index contributed by atoms with van der Waals surface area (Å²) in [5.74, 6) is -1.98. The second-order valence-corrected chi connectivity index (χ2v) is 4.25. The molecule has 0 unspecified atom stereocenters. The van der Waals surface area contributed by atoms with Crippen molar-refractivity contribution in [3.63, 3.8) is 0 Å². The minimum Gasteiger partial charge on any atom is -0.303 e. The zero-order chi connectivity index (χ0) is 13.7. The highest BCUT2D eigenvalue weighted by Gasteiger charge is 2.19. The molecule has 1 aromatic carbocycles. The number of carbonyl (C=O) groups excluding carboxylic acids is 1. The summed E-state index contributed by atoms with van der Waals surface area (Å²) in [6.45, 7) is 7.67. The van der Waals surface area contributed by atoms with Gasteiger partial charge in [0, 0.05) is 13.0 Å². The predicted octanol–water partition coefficient (Wildman–Crippen LogP) is 3.19. The van der Waals surface area contributed by atoms with E-state index in [9.17, 15) is 13.6 Å². The molecule has 1 aromatic rings. The standard InChI is InChI=1S/C14H19F2NO/c1-4-17(5-2)9-8-12(18)13-11(15)7-6-10(3)14(13)16/h6-7H,4-5,8-9H2,1-3H3. The molecule has 0 aliphatic carbocycles. The van der Waals surface area contributed by atoms with Gasteiger partial charge in [-0.25, -0.2) is 8.78 Å². The molecule has 1 rings (SSSR count). The first kappa shape index (κ1) is 14.8. The maximum absolute atomic E-state index is 13.7. The van der Waals surface area contributed by atoms with Crippen LogP contribution in [0.3, 0.4) is 0 Å². The molecule has 0 atom stereocenters. The average Bonchev–Trinajstić information content (AvgIpc) is 2.35. The van der Waals surface area contributed by atoms with Crippen molar-refractivity contribution in [2.24, 2.45) is 0 Å². The summed E-state index contributed by atoms with van der Waals surface area (Å²) in [4.78, 5) is 13.9. The van der Waals surface area contributed by atoms with Crippen molar-refractivity contribution in [2.45, 2.75) is 27.2 Å². The van der Waals surface area contributed by atoms with Gasteiger partial charge in [0.05, 0.1) is 5.56 Å². The quantitative estimate of drug-likeness (QED) is 0.728. The van der Waals surface area contributed by atoms with Gasteiger partial charge in [0.1, 0.15) is 11.6 Å². The van der Waals surface area contributed by atoms with Gasteiger partial charge in [0.2, 0.25) is 0 Å². The molecule has 0 radical (unpaired) electrons. The van der Waals surface area contributed by atoms with E-state index in [-0.39, 0.29) is 6.42 Å². The Morgan fingerprint density at radius 2 is 1.83 bits per heavy atom. The molecule has 4 heteroatoms. The minimum absolute atomic E-state index is 0.138. The van der Waals surface area contributed by atoms with Crippen molar-refractivity contribution in [1.82, 2.24) is 4.90 Å². The Balaban J connectivity index is 2.82. The molecule has 100 valence electrons. The third kappa shape index (κ3) is 3.35. The summed E-state index contributed by atoms with van der Waals surface area (Å²) >= 11 is 0. The molecular formula is C14H19F2NO. The second-order valence-electron chi connectivity index (χ2n) is 4.25. The highest BCUT2D eigenvalue weighted by Crippen LogP contribution is 2.18. The normalized spacial score (nSPS) is 11.0. The fourth-order valence-corrected chi connectivity index (χ4v) is 1.84. The summed E-state index contributed by atoms with van der Waals surface area (Å²) in [7, 11) is 0. The number of halogens is 2. The number of benzene rings is 1. The molecule has 0 N–H and O–H groups in total. The molecule has 0 amide bonds. The van der Waals surface area contributed by atoms with E-state index in [1.165, 1.54) is 13.0 Å². The van der Waals surface area contributed by atoms with Gasteiger partial charge in [0.25, 0.3) is 0 Å². The van der Waals surface area contributed by atoms with Crippen LogP contribution in [0.1, 0.15) is 36.2 Å². The maximum Gasteiger partial charge on any atom is 0.170 e. The van der Waals surface area contributed by atoms with Crippen LogP contribution < -0.4 is 0 Å². The Bertz CT molecular complexity index is 428. The number of hydrogen-bond donors (Lipinski definition) is 0. The third-order valence-electron chi connectivity index (χ3n) is 3.11. The van der Waals surface area contributed by atoms with Gasteiger partial charge in [0.15, 0.2) is 5.78 Å². The summed E-state index contributed by atoms with van der Waals surface area (Å²) in [5.41, 5.74) is -0.107. The van der Waals surface area contributed by atoms with Crippen molar-refractivity contribution in [3.05, 3.63) is 34.9 Å². The van der Waals surface area contributed by atoms with Gasteiger partial charge < -0.3 is 4.90 Å². The number of hydrogen-bond acceptors (Lipinski definition) is 2. The SMILES string of the molecule is CCN(CC)CCC(=O)c1c(F)ccc(C)c1F. The number of Topliss-reactive ketones (excluding diaryl/α,β-unsaturated/α-hetero) is 1. The van der Waals surface area contributed by atoms with E-state index in [1.807, 2.05) is 18.7 Å². The summed E-state index contributed by atoms with van der Waals surface area (Å²) in [6, 6.07) is 2.48. The Morgan fingerprint density at radius 1 is 1.22 bits per heavy atom. The van der Waals surface area contributed by atoms with Gasteiger partial charge in [-0.1, -0.05) is 19.9 Å². The topological polar surface area (TPSA) is 20.3 Å². The lowest BCUT2D eigenvalue weighted by Gasteiger charge is -2.17. The first-order valence-corrected chi connectivity index (χ1v) is 6.21. The number of carbonyl (C=O) groups is 1. The first-order valence-electron chi connectivity index (χ1n) is 6.21. The van der Waals surface area contributed by atoms with Crippen molar-refractivity contribution < 1.29 is 13.6 Å². The number of aryl methyl sites for hydroxylation is 1. The summed E-state index contributed by atoms with van der Waals surface area (Å²) in [5, 5.41) is 0. The highest BCUT2D eigenvalue weighted by atomic mass is 19.1. The minimum atomic E-state index is -0.775. The van der Waals surface area contributed by atoms with Gasteiger partial charge in [-0.15, -0.1) is 0 Å². The van der Waals surface area contributed by atoms with E-state index in [1.54, 1.807) is 0 Å². The van der Waals surface area contributed by atoms with Crippen LogP contribution >= 0.6 is 0 Å². The van der Waals surface area contributed by atoms with Crippen LogP contribution in [-0.2, 0) is 0 Å². The van der Waals surface area contributed by atoms with Crippen LogP contribution in [0.15, 0.2) is 12.1 Å². The molecule has 0 bridgehead atoms. The number of rotatable bonds is 6. The van der Waals surface area contributed by atoms with Crippen molar-refractivity contribution in [3.8, 4) is 0 Å². The zero-order valence-corrected chi connectivity index (χ0v) is 11.1. The van der Waals surface area contributed by atoms with Crippen LogP contribution in [-0.4, -0.2) is 30.3 Å². The molecule has 0 aliphatic heterocycles. The Kier molecular flexibility index (Phi) is 5.41. The molecule has 0 heterocycles. The molecule has 0 fully saturated rings. The molecule has 0 aromatic heterocycles. The fraction of sp³-hybridized carbons (Fsp3) is 0.500. The van der Waals surface area contributed by atoms with E-state index in [0.29, 0.717) is 12.1 Å². The fourth-order valence-electron chi connectivity index (χ4n) is 1.84. The highest BCUT2D eigenvalue weighted by molar-refractivity contribution is 5.96. The monoisotopic (exact) mass is 255 g/mol. The molecule has 2 nitrogen and oxygen atoms in total. The summed E-state index contributed by atoms with van der Waals surface area (Å²) in [6.07, 6.45) is 0.138. The van der Waals surface area contributed by atoms with E-state index in [0.717, 1.165) is 19.2 Å². The lowest BCUT2D eigenvalue weighted by Crippen LogP contribution is -2.26. The molecule has 0 saturated heterocycles. The molecular weight excluding hydrogens is 236 g/mol. The number of nitrogens with zero attached hydrogens (tertiary/aromatic N) is 1. The largest absolute Gasteiger partial charge is 0.303 e.